The SMILES string of the molecule is CCNC(=NCc1ccc(Oc2cccc(F)c2)nc1)NCC1(C)CCCO1. The Kier molecular flexibility index (Phi) is 6.81. The quantitative estimate of drug-likeness (QED) is 0.562. The number of aliphatic imine (C=N–C) groups is 1. The molecule has 2 heterocycles. The number of hydrogen-bond acceptors (Lipinski definition) is 4. The maximum Gasteiger partial charge on any atom is 0.219 e. The molecule has 2 aromatic rings. The Morgan fingerprint density at radius 2 is 2.21 bits per heavy atom. The number of halogens is 1. The zero-order valence-corrected chi connectivity index (χ0v) is 16.4. The highest BCUT2D eigenvalue weighted by Crippen LogP contribution is 2.24. The fourth-order valence-corrected chi connectivity index (χ4v) is 2.98. The normalized spacial score (nSPS) is 19.5. The van der Waals surface area contributed by atoms with E-state index in [0.717, 1.165) is 44.1 Å². The van der Waals surface area contributed by atoms with Crippen LogP contribution in [0, 0.1) is 5.82 Å². The number of hydrogen-bond donors (Lipinski definition) is 2. The van der Waals surface area contributed by atoms with E-state index >= 15 is 0 Å². The van der Waals surface area contributed by atoms with Crippen molar-refractivity contribution in [2.24, 2.45) is 4.99 Å². The largest absolute Gasteiger partial charge is 0.439 e. The second-order valence-electron chi connectivity index (χ2n) is 7.01. The fraction of sp³-hybridized carbons (Fsp3) is 0.429. The molecule has 1 aromatic carbocycles. The Balaban J connectivity index is 1.56. The maximum absolute atomic E-state index is 13.2. The van der Waals surface area contributed by atoms with Gasteiger partial charge in [-0.15, -0.1) is 0 Å². The van der Waals surface area contributed by atoms with Gasteiger partial charge in [0.25, 0.3) is 0 Å². The lowest BCUT2D eigenvalue weighted by atomic mass is 10.0. The van der Waals surface area contributed by atoms with Crippen LogP contribution in [0.25, 0.3) is 0 Å². The predicted molar refractivity (Wildman–Crippen MR) is 107 cm³/mol. The lowest BCUT2D eigenvalue weighted by Gasteiger charge is -2.24. The Bertz CT molecular complexity index is 789. The first-order valence-electron chi connectivity index (χ1n) is 9.61. The molecular weight excluding hydrogens is 359 g/mol. The molecule has 1 aliphatic heterocycles. The minimum atomic E-state index is -0.344. The number of rotatable bonds is 7. The summed E-state index contributed by atoms with van der Waals surface area (Å²) in [6.07, 6.45) is 3.86. The Hall–Kier alpha value is -2.67. The first kappa shape index (κ1) is 20.1. The molecule has 0 radical (unpaired) electrons. The van der Waals surface area contributed by atoms with Gasteiger partial charge >= 0.3 is 0 Å². The summed E-state index contributed by atoms with van der Waals surface area (Å²) in [4.78, 5) is 8.88. The van der Waals surface area contributed by atoms with Crippen LogP contribution in [0.15, 0.2) is 47.6 Å². The molecular formula is C21H27FN4O2. The monoisotopic (exact) mass is 386 g/mol. The molecule has 28 heavy (non-hydrogen) atoms. The summed E-state index contributed by atoms with van der Waals surface area (Å²) in [5.74, 6) is 1.23. The molecule has 0 amide bonds. The van der Waals surface area contributed by atoms with Crippen molar-refractivity contribution in [2.75, 3.05) is 19.7 Å². The van der Waals surface area contributed by atoms with Crippen LogP contribution in [0.3, 0.4) is 0 Å². The van der Waals surface area contributed by atoms with Crippen molar-refractivity contribution < 1.29 is 13.9 Å². The van der Waals surface area contributed by atoms with E-state index in [-0.39, 0.29) is 11.4 Å². The minimum absolute atomic E-state index is 0.131. The van der Waals surface area contributed by atoms with Crippen molar-refractivity contribution in [2.45, 2.75) is 38.8 Å². The van der Waals surface area contributed by atoms with Crippen molar-refractivity contribution in [1.29, 1.82) is 0 Å². The molecule has 1 atom stereocenters. The van der Waals surface area contributed by atoms with Crippen LogP contribution in [0.2, 0.25) is 0 Å². The fourth-order valence-electron chi connectivity index (χ4n) is 2.98. The van der Waals surface area contributed by atoms with Crippen molar-refractivity contribution in [1.82, 2.24) is 15.6 Å². The van der Waals surface area contributed by atoms with Gasteiger partial charge in [0, 0.05) is 38.0 Å². The van der Waals surface area contributed by atoms with Crippen LogP contribution in [0.4, 0.5) is 4.39 Å². The molecule has 0 saturated carbocycles. The third kappa shape index (κ3) is 5.92. The van der Waals surface area contributed by atoms with E-state index in [9.17, 15) is 4.39 Å². The van der Waals surface area contributed by atoms with Crippen molar-refractivity contribution >= 4 is 5.96 Å². The van der Waals surface area contributed by atoms with Gasteiger partial charge in [-0.25, -0.2) is 14.4 Å². The first-order chi connectivity index (χ1) is 13.6. The summed E-state index contributed by atoms with van der Waals surface area (Å²) in [6, 6.07) is 9.63. The highest BCUT2D eigenvalue weighted by molar-refractivity contribution is 5.79. The molecule has 7 heteroatoms. The average molecular weight is 386 g/mol. The van der Waals surface area contributed by atoms with E-state index in [0.29, 0.717) is 18.2 Å². The van der Waals surface area contributed by atoms with Crippen LogP contribution in [-0.2, 0) is 11.3 Å². The Morgan fingerprint density at radius 3 is 2.89 bits per heavy atom. The van der Waals surface area contributed by atoms with Crippen molar-refractivity contribution in [3.05, 3.63) is 54.0 Å². The molecule has 0 spiro atoms. The summed E-state index contributed by atoms with van der Waals surface area (Å²) in [5.41, 5.74) is 0.820. The third-order valence-electron chi connectivity index (χ3n) is 4.51. The smallest absolute Gasteiger partial charge is 0.219 e. The van der Waals surface area contributed by atoms with Crippen LogP contribution in [0.1, 0.15) is 32.3 Å². The zero-order valence-electron chi connectivity index (χ0n) is 16.4. The van der Waals surface area contributed by atoms with Crippen molar-refractivity contribution in [3.8, 4) is 11.6 Å². The van der Waals surface area contributed by atoms with Crippen molar-refractivity contribution in [3.63, 3.8) is 0 Å². The van der Waals surface area contributed by atoms with E-state index in [1.54, 1.807) is 24.4 Å². The number of ether oxygens (including phenoxy) is 2. The Morgan fingerprint density at radius 1 is 1.32 bits per heavy atom. The van der Waals surface area contributed by atoms with Gasteiger partial charge in [0.15, 0.2) is 5.96 Å². The second kappa shape index (κ2) is 9.50. The van der Waals surface area contributed by atoms with Gasteiger partial charge in [-0.1, -0.05) is 12.1 Å². The molecule has 150 valence electrons. The predicted octanol–water partition coefficient (Wildman–Crippen LogP) is 3.64. The molecule has 1 unspecified atom stereocenters. The highest BCUT2D eigenvalue weighted by atomic mass is 19.1. The molecule has 0 bridgehead atoms. The summed E-state index contributed by atoms with van der Waals surface area (Å²) in [5, 5.41) is 6.60. The number of benzene rings is 1. The lowest BCUT2D eigenvalue weighted by Crippen LogP contribution is -2.45. The summed E-state index contributed by atoms with van der Waals surface area (Å²) < 4.78 is 24.6. The number of pyridine rings is 1. The van der Waals surface area contributed by atoms with Gasteiger partial charge in [0.1, 0.15) is 11.6 Å². The standard InChI is InChI=1S/C21H27FN4O2/c1-3-23-20(26-15-21(2)10-5-11-27-21)25-14-16-8-9-19(24-13-16)28-18-7-4-6-17(22)12-18/h4,6-9,12-13H,3,5,10-11,14-15H2,1-2H3,(H2,23,25,26). The van der Waals surface area contributed by atoms with Gasteiger partial charge < -0.3 is 20.1 Å². The van der Waals surface area contributed by atoms with Gasteiger partial charge in [0.2, 0.25) is 5.88 Å². The number of nitrogens with one attached hydrogen (secondary N) is 2. The lowest BCUT2D eigenvalue weighted by molar-refractivity contribution is 0.0243. The van der Waals surface area contributed by atoms with Gasteiger partial charge in [-0.3, -0.25) is 0 Å². The molecule has 1 fully saturated rings. The van der Waals surface area contributed by atoms with Crippen LogP contribution < -0.4 is 15.4 Å². The number of guanidine groups is 1. The van der Waals surface area contributed by atoms with E-state index in [1.807, 2.05) is 13.0 Å². The van der Waals surface area contributed by atoms with Gasteiger partial charge in [-0.05, 0) is 44.4 Å². The van der Waals surface area contributed by atoms with E-state index in [2.05, 4.69) is 27.5 Å². The Labute approximate surface area is 165 Å². The van der Waals surface area contributed by atoms with Crippen LogP contribution >= 0.6 is 0 Å². The summed E-state index contributed by atoms with van der Waals surface area (Å²) in [7, 11) is 0. The van der Waals surface area contributed by atoms with Crippen LogP contribution in [-0.4, -0.2) is 36.2 Å². The molecule has 1 saturated heterocycles. The minimum Gasteiger partial charge on any atom is -0.439 e. The highest BCUT2D eigenvalue weighted by Gasteiger charge is 2.29. The molecule has 1 aromatic heterocycles. The molecule has 1 aliphatic rings. The van der Waals surface area contributed by atoms with Gasteiger partial charge in [-0.2, -0.15) is 0 Å². The topological polar surface area (TPSA) is 67.8 Å². The molecule has 2 N–H and O–H groups in total. The summed E-state index contributed by atoms with van der Waals surface area (Å²) in [6.45, 7) is 6.96. The van der Waals surface area contributed by atoms with Crippen LogP contribution in [0.5, 0.6) is 11.6 Å². The number of nitrogens with zero attached hydrogens (tertiary/aromatic N) is 2. The third-order valence-corrected chi connectivity index (χ3v) is 4.51. The second-order valence-corrected chi connectivity index (χ2v) is 7.01. The first-order valence-corrected chi connectivity index (χ1v) is 9.61. The number of aromatic nitrogens is 1. The van der Waals surface area contributed by atoms with E-state index in [4.69, 9.17) is 9.47 Å². The van der Waals surface area contributed by atoms with E-state index < -0.39 is 0 Å². The molecule has 6 nitrogen and oxygen atoms in total. The molecule has 3 rings (SSSR count). The molecule has 0 aliphatic carbocycles. The van der Waals surface area contributed by atoms with E-state index in [1.165, 1.54) is 12.1 Å². The zero-order chi connectivity index (χ0) is 19.8. The maximum atomic E-state index is 13.2. The summed E-state index contributed by atoms with van der Waals surface area (Å²) >= 11 is 0. The average Bonchev–Trinajstić information content (AvgIpc) is 3.12. The van der Waals surface area contributed by atoms with Gasteiger partial charge in [0.05, 0.1) is 12.1 Å².